The summed E-state index contributed by atoms with van der Waals surface area (Å²) >= 11 is 5.89. The van der Waals surface area contributed by atoms with Crippen LogP contribution in [0.1, 0.15) is 19.4 Å². The molecule has 0 aliphatic rings. The summed E-state index contributed by atoms with van der Waals surface area (Å²) in [5.74, 6) is -1.47. The highest BCUT2D eigenvalue weighted by atomic mass is 35.5. The van der Waals surface area contributed by atoms with Crippen molar-refractivity contribution in [3.8, 4) is 0 Å². The molecule has 1 N–H and O–H groups in total. The molecule has 2 rings (SSSR count). The maximum Gasteiger partial charge on any atom is 0.334 e. The molecule has 5 nitrogen and oxygen atoms in total. The summed E-state index contributed by atoms with van der Waals surface area (Å²) in [5, 5.41) is 14.2. The van der Waals surface area contributed by atoms with Gasteiger partial charge in [0.15, 0.2) is 5.54 Å². The van der Waals surface area contributed by atoms with Crippen molar-refractivity contribution in [2.45, 2.75) is 31.9 Å². The maximum atomic E-state index is 13.1. The summed E-state index contributed by atoms with van der Waals surface area (Å²) in [6.07, 6.45) is 2.77. The smallest absolute Gasteiger partial charge is 0.334 e. The van der Waals surface area contributed by atoms with Crippen molar-refractivity contribution < 1.29 is 19.0 Å². The summed E-state index contributed by atoms with van der Waals surface area (Å²) in [7, 11) is 0. The Hall–Kier alpha value is -1.92. The lowest BCUT2D eigenvalue weighted by Crippen LogP contribution is -2.49. The number of benzene rings is 1. The number of hydrogen-bond donors (Lipinski definition) is 1. The molecule has 1 aromatic carbocycles. The van der Waals surface area contributed by atoms with E-state index in [0.717, 1.165) is 0 Å². The largest absolute Gasteiger partial charge is 0.479 e. The van der Waals surface area contributed by atoms with Crippen LogP contribution in [-0.4, -0.2) is 33.6 Å². The lowest BCUT2D eigenvalue weighted by molar-refractivity contribution is -0.153. The highest BCUT2D eigenvalue weighted by Gasteiger charge is 2.42. The maximum absolute atomic E-state index is 13.1. The summed E-state index contributed by atoms with van der Waals surface area (Å²) < 4.78 is 19.9. The van der Waals surface area contributed by atoms with E-state index in [2.05, 4.69) is 5.10 Å². The van der Waals surface area contributed by atoms with E-state index in [1.54, 1.807) is 12.1 Å². The summed E-state index contributed by atoms with van der Waals surface area (Å²) in [5.41, 5.74) is -0.803. The van der Waals surface area contributed by atoms with Crippen molar-refractivity contribution >= 4 is 17.6 Å². The van der Waals surface area contributed by atoms with Crippen LogP contribution in [0.3, 0.4) is 0 Å². The van der Waals surface area contributed by atoms with Crippen molar-refractivity contribution in [1.29, 1.82) is 0 Å². The number of halogens is 2. The molecule has 0 amide bonds. The molecule has 0 fully saturated rings. The van der Waals surface area contributed by atoms with Gasteiger partial charge in [0.05, 0.1) is 23.9 Å². The highest BCUT2D eigenvalue weighted by molar-refractivity contribution is 6.30. The molecule has 124 valence electrons. The first-order valence-corrected chi connectivity index (χ1v) is 7.51. The summed E-state index contributed by atoms with van der Waals surface area (Å²) in [6, 6.07) is 5.68. The first-order chi connectivity index (χ1) is 10.8. The van der Waals surface area contributed by atoms with E-state index in [1.165, 1.54) is 29.2 Å². The van der Waals surface area contributed by atoms with Gasteiger partial charge in [-0.1, -0.05) is 23.7 Å². The molecule has 23 heavy (non-hydrogen) atoms. The number of carboxylic acids is 1. The van der Waals surface area contributed by atoms with Gasteiger partial charge in [0.1, 0.15) is 5.82 Å². The Morgan fingerprint density at radius 2 is 2.09 bits per heavy atom. The van der Waals surface area contributed by atoms with Gasteiger partial charge in [0.2, 0.25) is 0 Å². The fourth-order valence-corrected chi connectivity index (χ4v) is 2.35. The Morgan fingerprint density at radius 3 is 2.57 bits per heavy atom. The number of aromatic nitrogens is 2. The monoisotopic (exact) mass is 340 g/mol. The molecule has 2 aromatic rings. The predicted octanol–water partition coefficient (Wildman–Crippen LogP) is 3.12. The highest BCUT2D eigenvalue weighted by Crippen LogP contribution is 2.25. The molecule has 0 saturated heterocycles. The van der Waals surface area contributed by atoms with E-state index in [1.807, 2.05) is 13.8 Å². The zero-order chi connectivity index (χ0) is 17.0. The van der Waals surface area contributed by atoms with E-state index in [9.17, 15) is 14.3 Å². The fourth-order valence-electron chi connectivity index (χ4n) is 2.21. The van der Waals surface area contributed by atoms with Gasteiger partial charge in [0, 0.05) is 12.6 Å². The Bertz CT molecular complexity index is 672. The van der Waals surface area contributed by atoms with Gasteiger partial charge in [-0.2, -0.15) is 5.10 Å². The lowest BCUT2D eigenvalue weighted by atomic mass is 9.91. The van der Waals surface area contributed by atoms with Crippen LogP contribution < -0.4 is 0 Å². The average molecular weight is 341 g/mol. The Kier molecular flexibility index (Phi) is 5.38. The van der Waals surface area contributed by atoms with Gasteiger partial charge in [-0.3, -0.25) is 4.68 Å². The molecule has 1 atom stereocenters. The molecule has 0 bridgehead atoms. The Labute approximate surface area is 138 Å². The van der Waals surface area contributed by atoms with Crippen LogP contribution in [0.2, 0.25) is 5.02 Å². The lowest BCUT2D eigenvalue weighted by Gasteiger charge is -2.30. The minimum atomic E-state index is -1.46. The van der Waals surface area contributed by atoms with Gasteiger partial charge in [-0.05, 0) is 31.5 Å². The van der Waals surface area contributed by atoms with Crippen LogP contribution in [0.15, 0.2) is 36.7 Å². The van der Waals surface area contributed by atoms with E-state index in [0.29, 0.717) is 10.6 Å². The molecule has 7 heteroatoms. The quantitative estimate of drug-likeness (QED) is 0.841. The van der Waals surface area contributed by atoms with Gasteiger partial charge in [-0.15, -0.1) is 0 Å². The first-order valence-electron chi connectivity index (χ1n) is 7.13. The van der Waals surface area contributed by atoms with Crippen molar-refractivity contribution in [1.82, 2.24) is 9.78 Å². The number of carboxylic acid groups (broad SMARTS) is 1. The van der Waals surface area contributed by atoms with Gasteiger partial charge < -0.3 is 9.84 Å². The second-order valence-corrected chi connectivity index (χ2v) is 6.04. The molecule has 1 aromatic heterocycles. The SMILES string of the molecule is CC(C)OCC(Cc1ccc(F)cc1)(C(=O)O)n1cc(Cl)cn1. The minimum absolute atomic E-state index is 0.0879. The molecule has 0 saturated carbocycles. The fraction of sp³-hybridized carbons (Fsp3) is 0.375. The van der Waals surface area contributed by atoms with E-state index < -0.39 is 11.5 Å². The third-order valence-corrected chi connectivity index (χ3v) is 3.65. The number of rotatable bonds is 7. The Balaban J connectivity index is 2.42. The zero-order valence-electron chi connectivity index (χ0n) is 12.9. The molecule has 0 radical (unpaired) electrons. The number of hydrogen-bond acceptors (Lipinski definition) is 3. The second kappa shape index (κ2) is 7.10. The standard InChI is InChI=1S/C16H18ClFN2O3/c1-11(2)23-10-16(15(21)22,20-9-13(17)8-19-20)7-12-3-5-14(18)6-4-12/h3-6,8-9,11H,7,10H2,1-2H3,(H,21,22). The van der Waals surface area contributed by atoms with Crippen LogP contribution in [0.25, 0.3) is 0 Å². The average Bonchev–Trinajstić information content (AvgIpc) is 2.92. The molecule has 1 heterocycles. The van der Waals surface area contributed by atoms with Crippen LogP contribution >= 0.6 is 11.6 Å². The minimum Gasteiger partial charge on any atom is -0.479 e. The molecule has 0 aliphatic carbocycles. The third kappa shape index (κ3) is 4.09. The summed E-state index contributed by atoms with van der Waals surface area (Å²) in [6.45, 7) is 3.55. The molecular weight excluding hydrogens is 323 g/mol. The second-order valence-electron chi connectivity index (χ2n) is 5.60. The third-order valence-electron chi connectivity index (χ3n) is 3.45. The summed E-state index contributed by atoms with van der Waals surface area (Å²) in [4.78, 5) is 12.1. The number of carbonyl (C=O) groups is 1. The van der Waals surface area contributed by atoms with Crippen molar-refractivity contribution in [3.05, 3.63) is 53.1 Å². The van der Waals surface area contributed by atoms with Crippen LogP contribution in [0, 0.1) is 5.82 Å². The van der Waals surface area contributed by atoms with Crippen LogP contribution in [-0.2, 0) is 21.5 Å². The number of ether oxygens (including phenoxy) is 1. The van der Waals surface area contributed by atoms with Crippen molar-refractivity contribution in [2.24, 2.45) is 0 Å². The van der Waals surface area contributed by atoms with E-state index in [-0.39, 0.29) is 24.9 Å². The molecule has 1 unspecified atom stereocenters. The zero-order valence-corrected chi connectivity index (χ0v) is 13.6. The molecular formula is C16H18ClFN2O3. The predicted molar refractivity (Wildman–Crippen MR) is 84.0 cm³/mol. The van der Waals surface area contributed by atoms with Gasteiger partial charge in [-0.25, -0.2) is 9.18 Å². The number of aliphatic carboxylic acids is 1. The van der Waals surface area contributed by atoms with Crippen LogP contribution in [0.4, 0.5) is 4.39 Å². The molecule has 0 spiro atoms. The van der Waals surface area contributed by atoms with Gasteiger partial charge in [0.25, 0.3) is 0 Å². The van der Waals surface area contributed by atoms with Crippen LogP contribution in [0.5, 0.6) is 0 Å². The first kappa shape index (κ1) is 17.4. The van der Waals surface area contributed by atoms with E-state index >= 15 is 0 Å². The topological polar surface area (TPSA) is 64.3 Å². The Morgan fingerprint density at radius 1 is 1.43 bits per heavy atom. The number of nitrogens with zero attached hydrogens (tertiary/aromatic N) is 2. The van der Waals surface area contributed by atoms with Crippen molar-refractivity contribution in [2.75, 3.05) is 6.61 Å². The van der Waals surface area contributed by atoms with Gasteiger partial charge >= 0.3 is 5.97 Å². The van der Waals surface area contributed by atoms with Crippen molar-refractivity contribution in [3.63, 3.8) is 0 Å². The van der Waals surface area contributed by atoms with E-state index in [4.69, 9.17) is 16.3 Å². The molecule has 0 aliphatic heterocycles. The normalized spacial score (nSPS) is 14.0.